The van der Waals surface area contributed by atoms with Gasteiger partial charge in [0.25, 0.3) is 5.91 Å². The number of amidine groups is 1. The van der Waals surface area contributed by atoms with Crippen LogP contribution < -0.4 is 15.9 Å². The molecule has 2 aliphatic rings. The quantitative estimate of drug-likeness (QED) is 0.715. The molecule has 4 rings (SSSR count). The van der Waals surface area contributed by atoms with Crippen molar-refractivity contribution in [3.05, 3.63) is 69.1 Å². The lowest BCUT2D eigenvalue weighted by Gasteiger charge is -2.33. The highest BCUT2D eigenvalue weighted by Crippen LogP contribution is 2.23. The summed E-state index contributed by atoms with van der Waals surface area (Å²) >= 11 is 4.83. The number of thioether (sulfide) groups is 1. The molecule has 0 saturated carbocycles. The number of rotatable bonds is 4. The number of ketones is 1. The molecule has 0 unspecified atom stereocenters. The van der Waals surface area contributed by atoms with Gasteiger partial charge in [0.1, 0.15) is 5.70 Å². The van der Waals surface area contributed by atoms with Crippen molar-refractivity contribution in [1.29, 1.82) is 0 Å². The largest absolute Gasteiger partial charge is 0.298 e. The molecule has 6 nitrogen and oxygen atoms in total. The minimum Gasteiger partial charge on any atom is -0.298 e. The Bertz CT molecular complexity index is 1100. The number of hydrogen-bond donors (Lipinski definition) is 1. The number of hydrazone groups is 1. The van der Waals surface area contributed by atoms with E-state index < -0.39 is 6.17 Å². The predicted molar refractivity (Wildman–Crippen MR) is 113 cm³/mol. The van der Waals surface area contributed by atoms with E-state index in [2.05, 4.69) is 38.3 Å². The third kappa shape index (κ3) is 3.49. The van der Waals surface area contributed by atoms with Gasteiger partial charge in [0.15, 0.2) is 5.17 Å². The predicted octanol–water partition coefficient (Wildman–Crippen LogP) is 2.25. The van der Waals surface area contributed by atoms with E-state index in [4.69, 9.17) is 0 Å². The minimum absolute atomic E-state index is 0.210. The SMILES string of the molecule is CCCSC1=NN2C(=c3ccccc3=N[C@@H]2C(=O)c2ccc(Br)cc2)C(=O)N1. The van der Waals surface area contributed by atoms with Crippen LogP contribution >= 0.6 is 27.7 Å². The number of nitrogens with one attached hydrogen (secondary N) is 1. The fraction of sp³-hybridized carbons (Fsp3) is 0.200. The maximum absolute atomic E-state index is 13.2. The van der Waals surface area contributed by atoms with Crippen molar-refractivity contribution < 1.29 is 9.59 Å². The topological polar surface area (TPSA) is 74.1 Å². The summed E-state index contributed by atoms with van der Waals surface area (Å²) in [4.78, 5) is 30.7. The van der Waals surface area contributed by atoms with Crippen LogP contribution in [0.25, 0.3) is 5.70 Å². The molecule has 0 aliphatic carbocycles. The first-order valence-corrected chi connectivity index (χ1v) is 10.7. The molecule has 0 spiro atoms. The third-order valence-corrected chi connectivity index (χ3v) is 5.92. The first-order chi connectivity index (χ1) is 13.6. The Balaban J connectivity index is 1.84. The van der Waals surface area contributed by atoms with Crippen LogP contribution in [0.3, 0.4) is 0 Å². The number of para-hydroxylation sites is 1. The molecule has 2 heterocycles. The number of halogens is 1. The van der Waals surface area contributed by atoms with Crippen LogP contribution in [0, 0.1) is 0 Å². The molecule has 142 valence electrons. The standard InChI is InChI=1S/C20H17BrN4O2S/c1-2-11-28-20-23-19(27)16-14-5-3-4-6-15(14)22-18(25(16)24-20)17(26)12-7-9-13(21)10-8-12/h3-10,18H,2,11H2,1H3,(H,23,24,27)/t18-/m0/s1. The van der Waals surface area contributed by atoms with E-state index in [1.807, 2.05) is 30.3 Å². The van der Waals surface area contributed by atoms with Crippen molar-refractivity contribution in [2.75, 3.05) is 5.75 Å². The first kappa shape index (κ1) is 18.9. The molecule has 0 bridgehead atoms. The van der Waals surface area contributed by atoms with Crippen LogP contribution in [0.1, 0.15) is 23.7 Å². The van der Waals surface area contributed by atoms with Gasteiger partial charge < -0.3 is 0 Å². The highest BCUT2D eigenvalue weighted by Gasteiger charge is 2.37. The molecule has 2 aromatic rings. The summed E-state index contributed by atoms with van der Waals surface area (Å²) in [5, 5.41) is 10.6. The zero-order chi connectivity index (χ0) is 19.7. The molecular formula is C20H17BrN4O2S. The number of nitrogens with zero attached hydrogens (tertiary/aromatic N) is 3. The van der Waals surface area contributed by atoms with Crippen molar-refractivity contribution in [3.63, 3.8) is 0 Å². The average Bonchev–Trinajstić information content (AvgIpc) is 2.71. The van der Waals surface area contributed by atoms with E-state index >= 15 is 0 Å². The Labute approximate surface area is 174 Å². The van der Waals surface area contributed by atoms with Crippen molar-refractivity contribution in [3.8, 4) is 0 Å². The summed E-state index contributed by atoms with van der Waals surface area (Å²) in [6, 6.07) is 14.4. The number of hydrogen-bond acceptors (Lipinski definition) is 6. The Kier molecular flexibility index (Phi) is 5.32. The normalized spacial score (nSPS) is 17.9. The summed E-state index contributed by atoms with van der Waals surface area (Å²) < 4.78 is 0.885. The maximum Gasteiger partial charge on any atom is 0.276 e. The monoisotopic (exact) mass is 456 g/mol. The van der Waals surface area contributed by atoms with Gasteiger partial charge in [-0.15, -0.1) is 5.10 Å². The molecule has 0 aromatic heterocycles. The molecule has 0 saturated heterocycles. The summed E-state index contributed by atoms with van der Waals surface area (Å²) in [6.07, 6.45) is 0.0271. The van der Waals surface area contributed by atoms with E-state index in [1.54, 1.807) is 18.2 Å². The molecule has 8 heteroatoms. The molecule has 1 atom stereocenters. The van der Waals surface area contributed by atoms with Gasteiger partial charge in [-0.3, -0.25) is 14.9 Å². The number of benzene rings is 2. The summed E-state index contributed by atoms with van der Waals surface area (Å²) in [7, 11) is 0. The molecular weight excluding hydrogens is 440 g/mol. The Morgan fingerprint density at radius 2 is 1.96 bits per heavy atom. The first-order valence-electron chi connectivity index (χ1n) is 8.87. The van der Waals surface area contributed by atoms with Crippen LogP contribution in [0.5, 0.6) is 0 Å². The van der Waals surface area contributed by atoms with Crippen molar-refractivity contribution >= 4 is 50.2 Å². The summed E-state index contributed by atoms with van der Waals surface area (Å²) in [6.45, 7) is 2.06. The van der Waals surface area contributed by atoms with Crippen molar-refractivity contribution in [2.45, 2.75) is 19.5 Å². The van der Waals surface area contributed by atoms with Crippen LogP contribution in [0.15, 0.2) is 63.1 Å². The van der Waals surface area contributed by atoms with E-state index in [0.717, 1.165) is 16.6 Å². The van der Waals surface area contributed by atoms with E-state index in [0.29, 0.717) is 27.0 Å². The number of amides is 1. The second-order valence-electron chi connectivity index (χ2n) is 6.29. The van der Waals surface area contributed by atoms with Gasteiger partial charge >= 0.3 is 0 Å². The lowest BCUT2D eigenvalue weighted by atomic mass is 10.1. The van der Waals surface area contributed by atoms with Crippen molar-refractivity contribution in [2.24, 2.45) is 10.1 Å². The second-order valence-corrected chi connectivity index (χ2v) is 8.29. The van der Waals surface area contributed by atoms with E-state index in [9.17, 15) is 9.59 Å². The molecule has 1 N–H and O–H groups in total. The molecule has 28 heavy (non-hydrogen) atoms. The zero-order valence-electron chi connectivity index (χ0n) is 15.1. The Hall–Kier alpha value is -2.45. The van der Waals surface area contributed by atoms with Gasteiger partial charge in [-0.2, -0.15) is 0 Å². The number of Topliss-reactive ketones (excluding diaryl/α,β-unsaturated/α-hetero) is 1. The smallest absolute Gasteiger partial charge is 0.276 e. The van der Waals surface area contributed by atoms with Gasteiger partial charge in [0.2, 0.25) is 11.9 Å². The van der Waals surface area contributed by atoms with Gasteiger partial charge in [-0.1, -0.05) is 64.9 Å². The molecule has 0 radical (unpaired) electrons. The van der Waals surface area contributed by atoms with Crippen LogP contribution in [-0.4, -0.2) is 33.8 Å². The summed E-state index contributed by atoms with van der Waals surface area (Å²) in [5.41, 5.74) is 0.863. The fourth-order valence-corrected chi connectivity index (χ4v) is 4.00. The molecule has 1 amide bonds. The third-order valence-electron chi connectivity index (χ3n) is 4.32. The van der Waals surface area contributed by atoms with E-state index in [-0.39, 0.29) is 11.7 Å². The molecule has 0 fully saturated rings. The Morgan fingerprint density at radius 3 is 2.71 bits per heavy atom. The van der Waals surface area contributed by atoms with Gasteiger partial charge in [0, 0.05) is 21.0 Å². The van der Waals surface area contributed by atoms with Crippen LogP contribution in [0.2, 0.25) is 0 Å². The number of carbonyl (C=O) groups excluding carboxylic acids is 2. The summed E-state index contributed by atoms with van der Waals surface area (Å²) in [5.74, 6) is 0.337. The fourth-order valence-electron chi connectivity index (χ4n) is 3.03. The maximum atomic E-state index is 13.2. The van der Waals surface area contributed by atoms with Gasteiger partial charge in [0.05, 0.1) is 5.36 Å². The highest BCUT2D eigenvalue weighted by molar-refractivity contribution is 9.10. The lowest BCUT2D eigenvalue weighted by molar-refractivity contribution is -0.115. The van der Waals surface area contributed by atoms with Crippen LogP contribution in [-0.2, 0) is 4.79 Å². The number of fused-ring (bicyclic) bond motifs is 2. The number of carbonyl (C=O) groups is 2. The average molecular weight is 457 g/mol. The van der Waals surface area contributed by atoms with E-state index in [1.165, 1.54) is 16.8 Å². The van der Waals surface area contributed by atoms with Gasteiger partial charge in [-0.25, -0.2) is 10.0 Å². The second kappa shape index (κ2) is 7.89. The van der Waals surface area contributed by atoms with Crippen LogP contribution in [0.4, 0.5) is 0 Å². The molecule has 2 aliphatic heterocycles. The van der Waals surface area contributed by atoms with Gasteiger partial charge in [-0.05, 0) is 24.6 Å². The highest BCUT2D eigenvalue weighted by atomic mass is 79.9. The minimum atomic E-state index is -0.922. The molecule has 2 aromatic carbocycles. The van der Waals surface area contributed by atoms with Crippen molar-refractivity contribution in [1.82, 2.24) is 10.3 Å². The Morgan fingerprint density at radius 1 is 1.21 bits per heavy atom. The lowest BCUT2D eigenvalue weighted by Crippen LogP contribution is -2.54. The zero-order valence-corrected chi connectivity index (χ0v) is 17.5.